The quantitative estimate of drug-likeness (QED) is 0.842. The second kappa shape index (κ2) is 8.48. The number of carbonyl (C=O) groups is 1. The molecule has 0 aromatic heterocycles. The van der Waals surface area contributed by atoms with E-state index in [1.807, 2.05) is 0 Å². The third-order valence-electron chi connectivity index (χ3n) is 5.18. The maximum Gasteiger partial charge on any atom is 0.222 e. The Labute approximate surface area is 140 Å². The van der Waals surface area contributed by atoms with E-state index in [0.29, 0.717) is 30.6 Å². The average Bonchev–Trinajstić information content (AvgIpc) is 3.15. The van der Waals surface area contributed by atoms with E-state index in [-0.39, 0.29) is 12.4 Å². The third-order valence-corrected chi connectivity index (χ3v) is 5.18. The van der Waals surface area contributed by atoms with E-state index in [1.165, 1.54) is 0 Å². The Morgan fingerprint density at radius 2 is 1.95 bits per heavy atom. The van der Waals surface area contributed by atoms with E-state index in [0.717, 1.165) is 65.0 Å². The van der Waals surface area contributed by atoms with Gasteiger partial charge in [-0.25, -0.2) is 0 Å². The number of hydrogen-bond acceptors (Lipinski definition) is 4. The molecule has 5 nitrogen and oxygen atoms in total. The van der Waals surface area contributed by atoms with Crippen molar-refractivity contribution < 1.29 is 9.53 Å². The maximum absolute atomic E-state index is 12.4. The number of piperazine rings is 1. The summed E-state index contributed by atoms with van der Waals surface area (Å²) in [5, 5.41) is 3.39. The average molecular weight is 332 g/mol. The molecule has 3 aliphatic rings. The summed E-state index contributed by atoms with van der Waals surface area (Å²) >= 11 is 0. The van der Waals surface area contributed by atoms with Crippen molar-refractivity contribution in [3.8, 4) is 0 Å². The predicted octanol–water partition coefficient (Wildman–Crippen LogP) is 1.26. The first-order valence-corrected chi connectivity index (χ1v) is 8.60. The molecule has 3 saturated heterocycles. The number of nitrogens with one attached hydrogen (secondary N) is 1. The highest BCUT2D eigenvalue weighted by molar-refractivity contribution is 5.85. The van der Waals surface area contributed by atoms with E-state index < -0.39 is 0 Å². The van der Waals surface area contributed by atoms with Gasteiger partial charge in [-0.05, 0) is 32.6 Å². The van der Waals surface area contributed by atoms with E-state index in [4.69, 9.17) is 4.74 Å². The summed E-state index contributed by atoms with van der Waals surface area (Å²) in [6, 6.07) is 0.582. The van der Waals surface area contributed by atoms with Crippen LogP contribution in [0.15, 0.2) is 0 Å². The normalized spacial score (nSPS) is 33.0. The smallest absolute Gasteiger partial charge is 0.222 e. The molecule has 3 aliphatic heterocycles. The molecule has 0 spiro atoms. The summed E-state index contributed by atoms with van der Waals surface area (Å²) < 4.78 is 5.80. The van der Waals surface area contributed by atoms with E-state index in [9.17, 15) is 4.79 Å². The fourth-order valence-corrected chi connectivity index (χ4v) is 3.85. The van der Waals surface area contributed by atoms with Crippen molar-refractivity contribution in [3.63, 3.8) is 0 Å². The molecule has 3 heterocycles. The lowest BCUT2D eigenvalue weighted by Crippen LogP contribution is -2.49. The number of rotatable bonds is 4. The Morgan fingerprint density at radius 1 is 1.18 bits per heavy atom. The van der Waals surface area contributed by atoms with E-state index >= 15 is 0 Å². The van der Waals surface area contributed by atoms with Crippen LogP contribution >= 0.6 is 12.4 Å². The topological polar surface area (TPSA) is 44.8 Å². The largest absolute Gasteiger partial charge is 0.375 e. The number of carbonyl (C=O) groups excluding carboxylic acids is 1. The Kier molecular flexibility index (Phi) is 6.93. The first kappa shape index (κ1) is 18.0. The van der Waals surface area contributed by atoms with Gasteiger partial charge < -0.3 is 15.0 Å². The molecule has 128 valence electrons. The summed E-state index contributed by atoms with van der Waals surface area (Å²) in [5.41, 5.74) is 0. The summed E-state index contributed by atoms with van der Waals surface area (Å²) in [5.74, 6) is 0.329. The predicted molar refractivity (Wildman–Crippen MR) is 89.5 cm³/mol. The van der Waals surface area contributed by atoms with Crippen LogP contribution in [-0.4, -0.2) is 73.2 Å². The number of nitrogens with zero attached hydrogens (tertiary/aromatic N) is 2. The van der Waals surface area contributed by atoms with Gasteiger partial charge in [-0.15, -0.1) is 12.4 Å². The Balaban J connectivity index is 0.00000176. The minimum Gasteiger partial charge on any atom is -0.375 e. The van der Waals surface area contributed by atoms with Crippen molar-refractivity contribution in [2.75, 3.05) is 39.3 Å². The third kappa shape index (κ3) is 4.57. The molecule has 22 heavy (non-hydrogen) atoms. The van der Waals surface area contributed by atoms with Crippen molar-refractivity contribution in [2.24, 2.45) is 0 Å². The summed E-state index contributed by atoms with van der Waals surface area (Å²) in [6.45, 7) is 8.42. The van der Waals surface area contributed by atoms with Crippen LogP contribution in [0, 0.1) is 0 Å². The van der Waals surface area contributed by atoms with Gasteiger partial charge in [-0.2, -0.15) is 0 Å². The lowest BCUT2D eigenvalue weighted by atomic mass is 10.1. The van der Waals surface area contributed by atoms with Gasteiger partial charge in [0.25, 0.3) is 0 Å². The minimum atomic E-state index is 0. The fraction of sp³-hybridized carbons (Fsp3) is 0.938. The SMILES string of the molecule is CC1CCC(CCC(=O)N2CCC(N3CCNCC3)C2)O1.Cl. The molecule has 0 radical (unpaired) electrons. The lowest BCUT2D eigenvalue weighted by molar-refractivity contribution is -0.131. The first-order valence-electron chi connectivity index (χ1n) is 8.60. The highest BCUT2D eigenvalue weighted by atomic mass is 35.5. The fourth-order valence-electron chi connectivity index (χ4n) is 3.85. The van der Waals surface area contributed by atoms with Crippen molar-refractivity contribution in [2.45, 2.75) is 57.3 Å². The highest BCUT2D eigenvalue weighted by Gasteiger charge is 2.31. The molecule has 3 atom stereocenters. The second-order valence-corrected chi connectivity index (χ2v) is 6.75. The molecule has 0 saturated carbocycles. The highest BCUT2D eigenvalue weighted by Crippen LogP contribution is 2.24. The standard InChI is InChI=1S/C16H29N3O2.ClH/c1-13-2-3-15(21-13)4-5-16(20)19-9-6-14(12-19)18-10-7-17-8-11-18;/h13-15,17H,2-12H2,1H3;1H. The molecule has 0 aromatic carbocycles. The zero-order valence-electron chi connectivity index (χ0n) is 13.6. The van der Waals surface area contributed by atoms with Gasteiger partial charge >= 0.3 is 0 Å². The molecule has 0 aliphatic carbocycles. The van der Waals surface area contributed by atoms with Gasteiger partial charge in [-0.1, -0.05) is 0 Å². The van der Waals surface area contributed by atoms with Crippen LogP contribution < -0.4 is 5.32 Å². The van der Waals surface area contributed by atoms with Crippen LogP contribution in [0.2, 0.25) is 0 Å². The molecule has 1 amide bonds. The monoisotopic (exact) mass is 331 g/mol. The van der Waals surface area contributed by atoms with Crippen molar-refractivity contribution in [1.82, 2.24) is 15.1 Å². The van der Waals surface area contributed by atoms with Crippen LogP contribution in [0.1, 0.15) is 39.0 Å². The molecule has 1 N–H and O–H groups in total. The number of amides is 1. The molecule has 3 fully saturated rings. The van der Waals surface area contributed by atoms with Gasteiger partial charge in [-0.3, -0.25) is 9.69 Å². The van der Waals surface area contributed by atoms with Crippen molar-refractivity contribution >= 4 is 18.3 Å². The van der Waals surface area contributed by atoms with Gasteiger partial charge in [0.1, 0.15) is 0 Å². The molecule has 3 unspecified atom stereocenters. The van der Waals surface area contributed by atoms with Gasteiger partial charge in [0, 0.05) is 51.7 Å². The molecule has 0 bridgehead atoms. The number of likely N-dealkylation sites (tertiary alicyclic amines) is 1. The zero-order chi connectivity index (χ0) is 14.7. The molecule has 3 rings (SSSR count). The Bertz CT molecular complexity index is 363. The van der Waals surface area contributed by atoms with Crippen LogP contribution in [0.25, 0.3) is 0 Å². The Morgan fingerprint density at radius 3 is 2.64 bits per heavy atom. The van der Waals surface area contributed by atoms with Gasteiger partial charge in [0.2, 0.25) is 5.91 Å². The molecular weight excluding hydrogens is 302 g/mol. The number of ether oxygens (including phenoxy) is 1. The van der Waals surface area contributed by atoms with Crippen molar-refractivity contribution in [3.05, 3.63) is 0 Å². The summed E-state index contributed by atoms with van der Waals surface area (Å²) in [7, 11) is 0. The molecule has 0 aromatic rings. The van der Waals surface area contributed by atoms with Gasteiger partial charge in [0.15, 0.2) is 0 Å². The van der Waals surface area contributed by atoms with E-state index in [2.05, 4.69) is 22.0 Å². The maximum atomic E-state index is 12.4. The van der Waals surface area contributed by atoms with Crippen LogP contribution in [0.4, 0.5) is 0 Å². The van der Waals surface area contributed by atoms with E-state index in [1.54, 1.807) is 0 Å². The van der Waals surface area contributed by atoms with Crippen LogP contribution in [0.3, 0.4) is 0 Å². The lowest BCUT2D eigenvalue weighted by Gasteiger charge is -2.32. The van der Waals surface area contributed by atoms with Gasteiger partial charge in [0.05, 0.1) is 12.2 Å². The molecule has 6 heteroatoms. The zero-order valence-corrected chi connectivity index (χ0v) is 14.4. The first-order chi connectivity index (χ1) is 10.2. The van der Waals surface area contributed by atoms with Crippen LogP contribution in [-0.2, 0) is 9.53 Å². The Hall–Kier alpha value is -0.360. The summed E-state index contributed by atoms with van der Waals surface area (Å²) in [6.07, 6.45) is 5.67. The number of halogens is 1. The second-order valence-electron chi connectivity index (χ2n) is 6.75. The van der Waals surface area contributed by atoms with Crippen LogP contribution in [0.5, 0.6) is 0 Å². The molecular formula is C16H30ClN3O2. The summed E-state index contributed by atoms with van der Waals surface area (Å²) in [4.78, 5) is 17.0. The minimum absolute atomic E-state index is 0. The number of hydrogen-bond donors (Lipinski definition) is 1. The van der Waals surface area contributed by atoms with Crippen molar-refractivity contribution in [1.29, 1.82) is 0 Å².